The summed E-state index contributed by atoms with van der Waals surface area (Å²) in [7, 11) is 0. The van der Waals surface area contributed by atoms with Crippen molar-refractivity contribution in [3.05, 3.63) is 34.9 Å². The Hall–Kier alpha value is -0.820. The number of quaternary nitrogens is 1. The van der Waals surface area contributed by atoms with Crippen LogP contribution in [0.15, 0.2) is 18.2 Å². The van der Waals surface area contributed by atoms with E-state index in [1.807, 2.05) is 0 Å². The predicted octanol–water partition coefficient (Wildman–Crippen LogP) is 6.19. The van der Waals surface area contributed by atoms with Gasteiger partial charge in [-0.3, -0.25) is 0 Å². The second kappa shape index (κ2) is 6.16. The fraction of sp³-hybridized carbons (Fsp3) is 0.739. The van der Waals surface area contributed by atoms with Crippen LogP contribution in [-0.2, 0) is 17.4 Å². The molecule has 0 atom stereocenters. The van der Waals surface area contributed by atoms with Crippen molar-refractivity contribution in [1.82, 2.24) is 0 Å². The predicted molar refractivity (Wildman–Crippen MR) is 107 cm³/mol. The molecule has 1 aromatic rings. The Balaban J connectivity index is 2.59. The van der Waals surface area contributed by atoms with E-state index in [-0.39, 0.29) is 10.8 Å². The van der Waals surface area contributed by atoms with Crippen LogP contribution in [0.4, 0.5) is 0 Å². The number of likely N-dealkylation sites (tertiary alicyclic amines) is 1. The van der Waals surface area contributed by atoms with E-state index in [9.17, 15) is 0 Å². The molecule has 1 aromatic carbocycles. The van der Waals surface area contributed by atoms with E-state index in [1.165, 1.54) is 42.5 Å². The fourth-order valence-corrected chi connectivity index (χ4v) is 4.58. The van der Waals surface area contributed by atoms with Crippen LogP contribution in [0, 0.1) is 0 Å². The minimum atomic E-state index is 0.181. The third-order valence-electron chi connectivity index (χ3n) is 6.03. The van der Waals surface area contributed by atoms with Gasteiger partial charge in [-0.05, 0) is 42.7 Å². The van der Waals surface area contributed by atoms with Crippen LogP contribution < -0.4 is 0 Å². The van der Waals surface area contributed by atoms with E-state index in [0.29, 0.717) is 5.54 Å². The molecular weight excluding hydrogens is 290 g/mol. The maximum absolute atomic E-state index is 2.43. The van der Waals surface area contributed by atoms with Gasteiger partial charge in [-0.15, -0.1) is 0 Å². The van der Waals surface area contributed by atoms with Gasteiger partial charge in [0.1, 0.15) is 6.54 Å². The summed E-state index contributed by atoms with van der Waals surface area (Å²) in [5.74, 6) is 0. The van der Waals surface area contributed by atoms with Gasteiger partial charge in [-0.2, -0.15) is 0 Å². The largest absolute Gasteiger partial charge is 0.316 e. The zero-order valence-electron chi connectivity index (χ0n) is 17.7. The lowest BCUT2D eigenvalue weighted by molar-refractivity contribution is -0.972. The van der Waals surface area contributed by atoms with Gasteiger partial charge < -0.3 is 4.48 Å². The molecule has 0 saturated carbocycles. The van der Waals surface area contributed by atoms with Gasteiger partial charge in [-0.25, -0.2) is 0 Å². The highest BCUT2D eigenvalue weighted by atomic mass is 15.4. The highest BCUT2D eigenvalue weighted by Gasteiger charge is 2.43. The van der Waals surface area contributed by atoms with Crippen molar-refractivity contribution in [1.29, 1.82) is 0 Å². The van der Waals surface area contributed by atoms with E-state index in [2.05, 4.69) is 80.5 Å². The monoisotopic (exact) mass is 330 g/mol. The quantitative estimate of drug-likeness (QED) is 0.567. The topological polar surface area (TPSA) is 0 Å². The molecule has 1 heterocycles. The van der Waals surface area contributed by atoms with Crippen molar-refractivity contribution in [2.45, 2.75) is 98.1 Å². The average molecular weight is 331 g/mol. The minimum Gasteiger partial charge on any atom is -0.316 e. The van der Waals surface area contributed by atoms with Crippen LogP contribution in [0.5, 0.6) is 0 Å². The first-order valence-electron chi connectivity index (χ1n) is 9.77. The highest BCUT2D eigenvalue weighted by molar-refractivity contribution is 5.43. The molecule has 136 valence electrons. The first kappa shape index (κ1) is 19.5. The molecule has 0 aliphatic carbocycles. The van der Waals surface area contributed by atoms with E-state index < -0.39 is 0 Å². The standard InChI is InChI=1S/C23H40N/c1-21(2,3)19-14-12-13-18(20(19)22(4,5)6)17-24(23(7,8)9)15-10-11-16-24/h12-14H,10-11,15-17H2,1-9H3/q+1. The molecule has 2 rings (SSSR count). The molecule has 0 amide bonds. The third kappa shape index (κ3) is 3.72. The third-order valence-corrected chi connectivity index (χ3v) is 6.03. The second-order valence-electron chi connectivity index (χ2n) is 11.0. The number of nitrogens with zero attached hydrogens (tertiary/aromatic N) is 1. The Morgan fingerprint density at radius 1 is 0.792 bits per heavy atom. The molecule has 1 heteroatoms. The normalized spacial score (nSPS) is 18.9. The molecule has 0 N–H and O–H groups in total. The summed E-state index contributed by atoms with van der Waals surface area (Å²) in [4.78, 5) is 0. The maximum atomic E-state index is 2.43. The summed E-state index contributed by atoms with van der Waals surface area (Å²) in [6.07, 6.45) is 2.75. The Labute approximate surface area is 151 Å². The molecule has 1 saturated heterocycles. The summed E-state index contributed by atoms with van der Waals surface area (Å²) in [5.41, 5.74) is 5.37. The molecule has 1 aliphatic rings. The molecule has 24 heavy (non-hydrogen) atoms. The molecule has 0 radical (unpaired) electrons. The first-order chi connectivity index (χ1) is 10.8. The van der Waals surface area contributed by atoms with Crippen LogP contribution >= 0.6 is 0 Å². The number of hydrogen-bond acceptors (Lipinski definition) is 0. The summed E-state index contributed by atoms with van der Waals surface area (Å²) >= 11 is 0. The van der Waals surface area contributed by atoms with E-state index >= 15 is 0 Å². The molecule has 1 aliphatic heterocycles. The van der Waals surface area contributed by atoms with Gasteiger partial charge in [0.2, 0.25) is 0 Å². The van der Waals surface area contributed by atoms with Crippen LogP contribution in [0.25, 0.3) is 0 Å². The molecule has 0 aromatic heterocycles. The van der Waals surface area contributed by atoms with Crippen molar-refractivity contribution < 1.29 is 4.48 Å². The Morgan fingerprint density at radius 2 is 1.33 bits per heavy atom. The molecule has 0 bridgehead atoms. The van der Waals surface area contributed by atoms with Crippen LogP contribution in [-0.4, -0.2) is 23.1 Å². The van der Waals surface area contributed by atoms with Crippen molar-refractivity contribution >= 4 is 0 Å². The van der Waals surface area contributed by atoms with Gasteiger partial charge in [0.05, 0.1) is 18.6 Å². The number of hydrogen-bond donors (Lipinski definition) is 0. The van der Waals surface area contributed by atoms with Crippen molar-refractivity contribution in [3.63, 3.8) is 0 Å². The average Bonchev–Trinajstić information content (AvgIpc) is 2.85. The lowest BCUT2D eigenvalue weighted by Crippen LogP contribution is -2.57. The molecule has 0 unspecified atom stereocenters. The van der Waals surface area contributed by atoms with Crippen molar-refractivity contribution in [3.8, 4) is 0 Å². The van der Waals surface area contributed by atoms with Gasteiger partial charge in [0.15, 0.2) is 0 Å². The zero-order valence-corrected chi connectivity index (χ0v) is 17.7. The lowest BCUT2D eigenvalue weighted by atomic mass is 9.73. The smallest absolute Gasteiger partial charge is 0.105 e. The second-order valence-corrected chi connectivity index (χ2v) is 11.0. The molecule has 0 spiro atoms. The summed E-state index contributed by atoms with van der Waals surface area (Å²) in [5, 5.41) is 0. The molecule has 1 fully saturated rings. The van der Waals surface area contributed by atoms with Crippen LogP contribution in [0.3, 0.4) is 0 Å². The summed E-state index contributed by atoms with van der Waals surface area (Å²) < 4.78 is 1.24. The maximum Gasteiger partial charge on any atom is 0.105 e. The van der Waals surface area contributed by atoms with Crippen molar-refractivity contribution in [2.24, 2.45) is 0 Å². The fourth-order valence-electron chi connectivity index (χ4n) is 4.58. The Kier molecular flexibility index (Phi) is 5.01. The van der Waals surface area contributed by atoms with Gasteiger partial charge in [0, 0.05) is 18.4 Å². The number of rotatable bonds is 2. The summed E-state index contributed by atoms with van der Waals surface area (Å²) in [6.45, 7) is 25.3. The molecule has 1 nitrogen and oxygen atoms in total. The lowest BCUT2D eigenvalue weighted by Gasteiger charge is -2.47. The van der Waals surface area contributed by atoms with Crippen molar-refractivity contribution in [2.75, 3.05) is 13.1 Å². The van der Waals surface area contributed by atoms with Gasteiger partial charge in [-0.1, -0.05) is 59.7 Å². The van der Waals surface area contributed by atoms with E-state index in [1.54, 1.807) is 11.1 Å². The SMILES string of the molecule is CC(C)(C)c1cccc(C[N+]2(C(C)(C)C)CCCC2)c1C(C)(C)C. The Bertz CT molecular complexity index is 570. The first-order valence-corrected chi connectivity index (χ1v) is 9.77. The van der Waals surface area contributed by atoms with E-state index in [4.69, 9.17) is 0 Å². The zero-order chi connectivity index (χ0) is 18.4. The van der Waals surface area contributed by atoms with Gasteiger partial charge >= 0.3 is 0 Å². The van der Waals surface area contributed by atoms with E-state index in [0.717, 1.165) is 0 Å². The van der Waals surface area contributed by atoms with Gasteiger partial charge in [0.25, 0.3) is 0 Å². The van der Waals surface area contributed by atoms with Crippen LogP contribution in [0.2, 0.25) is 0 Å². The highest BCUT2D eigenvalue weighted by Crippen LogP contribution is 2.40. The number of benzene rings is 1. The van der Waals surface area contributed by atoms with Crippen LogP contribution in [0.1, 0.15) is 91.8 Å². The molecular formula is C23H40N+. The summed E-state index contributed by atoms with van der Waals surface area (Å²) in [6, 6.07) is 7.05. The minimum absolute atomic E-state index is 0.181. The Morgan fingerprint density at radius 3 is 1.75 bits per heavy atom.